The van der Waals surface area contributed by atoms with Crippen molar-refractivity contribution in [3.63, 3.8) is 0 Å². The van der Waals surface area contributed by atoms with Gasteiger partial charge < -0.3 is 14.8 Å². The molecule has 5 rings (SSSR count). The molecule has 0 saturated carbocycles. The molecular weight excluding hydrogens is 589 g/mol. The highest BCUT2D eigenvalue weighted by Gasteiger charge is 2.39. The first-order valence-corrected chi connectivity index (χ1v) is 13.0. The van der Waals surface area contributed by atoms with Crippen LogP contribution in [0, 0.1) is 5.92 Å². The van der Waals surface area contributed by atoms with Crippen molar-refractivity contribution in [1.29, 1.82) is 0 Å². The van der Waals surface area contributed by atoms with Gasteiger partial charge in [0.1, 0.15) is 6.61 Å². The van der Waals surface area contributed by atoms with Gasteiger partial charge in [-0.1, -0.05) is 53.6 Å². The van der Waals surface area contributed by atoms with Gasteiger partial charge in [-0.2, -0.15) is 0 Å². The van der Waals surface area contributed by atoms with Crippen molar-refractivity contribution in [2.24, 2.45) is 5.92 Å². The van der Waals surface area contributed by atoms with E-state index in [9.17, 15) is 0 Å². The minimum atomic E-state index is 0.144. The highest BCUT2D eigenvalue weighted by atomic mass is 79.9. The van der Waals surface area contributed by atoms with Gasteiger partial charge in [-0.25, -0.2) is 0 Å². The van der Waals surface area contributed by atoms with Gasteiger partial charge >= 0.3 is 0 Å². The maximum Gasteiger partial charge on any atom is 0.175 e. The number of halogens is 4. The Balaban J connectivity index is 1.45. The maximum atomic E-state index is 6.15. The highest BCUT2D eigenvalue weighted by Crippen LogP contribution is 2.52. The number of fused-ring (bicyclic) bond motifs is 3. The molecule has 3 aromatic carbocycles. The van der Waals surface area contributed by atoms with Crippen LogP contribution in [0.25, 0.3) is 0 Å². The molecule has 1 aliphatic carbocycles. The van der Waals surface area contributed by atoms with Gasteiger partial charge in [-0.05, 0) is 91.2 Å². The number of allylic oxidation sites excluding steroid dienone is 2. The predicted molar refractivity (Wildman–Crippen MR) is 142 cm³/mol. The summed E-state index contributed by atoms with van der Waals surface area (Å²) in [4.78, 5) is 0. The molecule has 0 spiro atoms. The predicted octanol–water partition coefficient (Wildman–Crippen LogP) is 8.93. The summed E-state index contributed by atoms with van der Waals surface area (Å²) >= 11 is 19.6. The summed E-state index contributed by atoms with van der Waals surface area (Å²) in [6.45, 7) is 0.349. The van der Waals surface area contributed by atoms with Crippen LogP contribution in [0.5, 0.6) is 11.5 Å². The van der Waals surface area contributed by atoms with Crippen LogP contribution < -0.4 is 14.8 Å². The zero-order valence-corrected chi connectivity index (χ0v) is 22.4. The molecule has 1 N–H and O–H groups in total. The second kappa shape index (κ2) is 9.53. The van der Waals surface area contributed by atoms with E-state index >= 15 is 0 Å². The van der Waals surface area contributed by atoms with Crippen LogP contribution in [-0.4, -0.2) is 7.11 Å². The lowest BCUT2D eigenvalue weighted by molar-refractivity contribution is 0.282. The van der Waals surface area contributed by atoms with Crippen LogP contribution in [0.15, 0.2) is 69.6 Å². The van der Waals surface area contributed by atoms with Gasteiger partial charge in [0, 0.05) is 10.4 Å². The number of hydrogen-bond acceptors (Lipinski definition) is 3. The molecule has 3 aromatic rings. The molecule has 1 aliphatic heterocycles. The van der Waals surface area contributed by atoms with Crippen molar-refractivity contribution in [1.82, 2.24) is 0 Å². The third kappa shape index (κ3) is 4.41. The smallest absolute Gasteiger partial charge is 0.175 e. The van der Waals surface area contributed by atoms with Gasteiger partial charge in [-0.15, -0.1) is 0 Å². The van der Waals surface area contributed by atoms with Crippen LogP contribution in [0.3, 0.4) is 0 Å². The Bertz CT molecular complexity index is 1250. The van der Waals surface area contributed by atoms with E-state index in [1.54, 1.807) is 13.2 Å². The molecule has 33 heavy (non-hydrogen) atoms. The molecule has 0 amide bonds. The molecule has 0 radical (unpaired) electrons. The quantitative estimate of drug-likeness (QED) is 0.293. The van der Waals surface area contributed by atoms with E-state index in [2.05, 4.69) is 79.7 Å². The first kappa shape index (κ1) is 23.1. The molecule has 0 unspecified atom stereocenters. The van der Waals surface area contributed by atoms with Gasteiger partial charge in [0.2, 0.25) is 0 Å². The van der Waals surface area contributed by atoms with Crippen LogP contribution in [0.4, 0.5) is 5.69 Å². The van der Waals surface area contributed by atoms with Crippen molar-refractivity contribution in [2.75, 3.05) is 12.4 Å². The normalized spacial score (nSPS) is 20.7. The number of hydrogen-bond donors (Lipinski definition) is 1. The fourth-order valence-corrected chi connectivity index (χ4v) is 6.15. The summed E-state index contributed by atoms with van der Waals surface area (Å²) in [6.07, 6.45) is 5.66. The standard InChI is InChI=1S/C26H21Br2Cl2NO2/c1-32-23-12-15(11-20(28)26(23)33-13-14-8-9-21(29)22(30)10-14)24-17-5-2-4-16(17)18-6-3-7-19(27)25(18)31-24/h2-4,6-12,16-17,24,31H,5,13H2,1H3/t16-,17-,24+/m1/s1. The van der Waals surface area contributed by atoms with Gasteiger partial charge in [0.15, 0.2) is 11.5 Å². The van der Waals surface area contributed by atoms with Crippen molar-refractivity contribution in [2.45, 2.75) is 25.0 Å². The Morgan fingerprint density at radius 3 is 2.67 bits per heavy atom. The van der Waals surface area contributed by atoms with Crippen LogP contribution in [0.1, 0.15) is 35.1 Å². The highest BCUT2D eigenvalue weighted by molar-refractivity contribution is 9.11. The van der Waals surface area contributed by atoms with Gasteiger partial charge in [0.05, 0.1) is 33.4 Å². The number of ether oxygens (including phenoxy) is 2. The van der Waals surface area contributed by atoms with Crippen LogP contribution in [-0.2, 0) is 6.61 Å². The molecule has 0 saturated heterocycles. The Morgan fingerprint density at radius 2 is 1.88 bits per heavy atom. The third-order valence-corrected chi connectivity index (χ3v) is 8.31. The fourth-order valence-electron chi connectivity index (χ4n) is 4.76. The summed E-state index contributed by atoms with van der Waals surface area (Å²) in [5, 5.41) is 4.82. The summed E-state index contributed by atoms with van der Waals surface area (Å²) in [5.74, 6) is 2.16. The molecule has 0 bridgehead atoms. The number of benzene rings is 3. The number of para-hydroxylation sites is 1. The second-order valence-corrected chi connectivity index (χ2v) is 10.8. The van der Waals surface area contributed by atoms with Crippen LogP contribution >= 0.6 is 55.1 Å². The van der Waals surface area contributed by atoms with E-state index < -0.39 is 0 Å². The van der Waals surface area contributed by atoms with Crippen molar-refractivity contribution >= 4 is 60.7 Å². The Hall–Kier alpha value is -1.66. The molecule has 1 heterocycles. The second-order valence-electron chi connectivity index (χ2n) is 8.25. The number of methoxy groups -OCH3 is 1. The average molecular weight is 610 g/mol. The first-order valence-electron chi connectivity index (χ1n) is 10.6. The van der Waals surface area contributed by atoms with E-state index in [-0.39, 0.29) is 6.04 Å². The number of nitrogens with one attached hydrogen (secondary N) is 1. The minimum absolute atomic E-state index is 0.144. The lowest BCUT2D eigenvalue weighted by Gasteiger charge is -2.38. The summed E-state index contributed by atoms with van der Waals surface area (Å²) in [5.41, 5.74) is 4.58. The van der Waals surface area contributed by atoms with Crippen molar-refractivity contribution < 1.29 is 9.47 Å². The molecule has 2 aliphatic rings. The SMILES string of the molecule is COc1cc([C@@H]2Nc3c(Br)cccc3[C@@H]3C=CC[C@H]32)cc(Br)c1OCc1ccc(Cl)c(Cl)c1. The number of anilines is 1. The lowest BCUT2D eigenvalue weighted by Crippen LogP contribution is -2.29. The lowest BCUT2D eigenvalue weighted by atomic mass is 9.77. The summed E-state index contributed by atoms with van der Waals surface area (Å²) in [7, 11) is 1.66. The summed E-state index contributed by atoms with van der Waals surface area (Å²) in [6, 6.07) is 16.2. The van der Waals surface area contributed by atoms with Crippen molar-refractivity contribution in [3.8, 4) is 11.5 Å². The molecule has 7 heteroatoms. The van der Waals surface area contributed by atoms with Gasteiger partial charge in [-0.3, -0.25) is 0 Å². The van der Waals surface area contributed by atoms with E-state index in [4.69, 9.17) is 32.7 Å². The monoisotopic (exact) mass is 607 g/mol. The first-order chi connectivity index (χ1) is 16.0. The van der Waals surface area contributed by atoms with Gasteiger partial charge in [0.25, 0.3) is 0 Å². The van der Waals surface area contributed by atoms with E-state index in [1.807, 2.05) is 12.1 Å². The van der Waals surface area contributed by atoms with Crippen LogP contribution in [0.2, 0.25) is 10.0 Å². The maximum absolute atomic E-state index is 6.15. The molecule has 0 fully saturated rings. The zero-order valence-electron chi connectivity index (χ0n) is 17.7. The molecule has 3 atom stereocenters. The van der Waals surface area contributed by atoms with E-state index in [0.717, 1.165) is 32.2 Å². The third-order valence-electron chi connectivity index (χ3n) is 6.32. The number of rotatable bonds is 5. The Kier molecular flexibility index (Phi) is 6.67. The summed E-state index contributed by atoms with van der Waals surface area (Å²) < 4.78 is 13.8. The Morgan fingerprint density at radius 1 is 1.03 bits per heavy atom. The van der Waals surface area contributed by atoms with Crippen molar-refractivity contribution in [3.05, 3.63) is 96.4 Å². The average Bonchev–Trinajstić information content (AvgIpc) is 3.30. The van der Waals surface area contributed by atoms with E-state index in [1.165, 1.54) is 5.56 Å². The zero-order chi connectivity index (χ0) is 23.1. The Labute approximate surface area is 220 Å². The topological polar surface area (TPSA) is 30.5 Å². The van der Waals surface area contributed by atoms with E-state index in [0.29, 0.717) is 40.0 Å². The minimum Gasteiger partial charge on any atom is -0.493 e. The molecular formula is C26H21Br2Cl2NO2. The molecule has 0 aromatic heterocycles. The largest absolute Gasteiger partial charge is 0.493 e. The fraction of sp³-hybridized carbons (Fsp3) is 0.231. The molecule has 3 nitrogen and oxygen atoms in total. The molecule has 170 valence electrons.